The lowest BCUT2D eigenvalue weighted by molar-refractivity contribution is 0.399. The quantitative estimate of drug-likeness (QED) is 0.449. The molecule has 0 aromatic carbocycles. The second kappa shape index (κ2) is 2.66. The van der Waals surface area contributed by atoms with Gasteiger partial charge < -0.3 is 0 Å². The highest BCUT2D eigenvalue weighted by Crippen LogP contribution is 2.25. The van der Waals surface area contributed by atoms with Gasteiger partial charge in [0.05, 0.1) is 0 Å². The van der Waals surface area contributed by atoms with Crippen LogP contribution in [0.4, 0.5) is 0 Å². The molecule has 0 radical (unpaired) electrons. The molecule has 0 nitrogen and oxygen atoms in total. The summed E-state index contributed by atoms with van der Waals surface area (Å²) in [5.74, 6) is 7.32. The van der Waals surface area contributed by atoms with Crippen LogP contribution in [0.25, 0.3) is 0 Å². The Kier molecular flexibility index (Phi) is 2.04. The van der Waals surface area contributed by atoms with Crippen molar-refractivity contribution in [1.29, 1.82) is 0 Å². The van der Waals surface area contributed by atoms with E-state index < -0.39 is 0 Å². The van der Waals surface area contributed by atoms with Gasteiger partial charge in [-0.15, -0.1) is 0 Å². The van der Waals surface area contributed by atoms with E-state index in [-0.39, 0.29) is 5.41 Å². The molecule has 0 atom stereocenters. The van der Waals surface area contributed by atoms with Crippen molar-refractivity contribution in [3.05, 3.63) is 0 Å². The van der Waals surface area contributed by atoms with Crippen LogP contribution in [0.2, 0.25) is 0 Å². The summed E-state index contributed by atoms with van der Waals surface area (Å²) in [6.45, 7) is 6.50. The molecule has 1 aliphatic carbocycles. The zero-order valence-electron chi connectivity index (χ0n) is 7.20. The average molecular weight is 136 g/mol. The lowest BCUT2D eigenvalue weighted by Crippen LogP contribution is -2.09. The minimum atomic E-state index is 0.204. The van der Waals surface area contributed by atoms with Gasteiger partial charge in [-0.25, -0.2) is 0 Å². The van der Waals surface area contributed by atoms with Gasteiger partial charge in [0.2, 0.25) is 0 Å². The molecule has 0 amide bonds. The monoisotopic (exact) mass is 136 g/mol. The highest BCUT2D eigenvalue weighted by Gasteiger charge is 2.14. The van der Waals surface area contributed by atoms with Crippen molar-refractivity contribution in [3.8, 4) is 11.8 Å². The largest absolute Gasteiger partial charge is 0.0994 e. The lowest BCUT2D eigenvalue weighted by atomic mass is 9.85. The van der Waals surface area contributed by atoms with Gasteiger partial charge >= 0.3 is 0 Å². The van der Waals surface area contributed by atoms with Gasteiger partial charge in [0.15, 0.2) is 0 Å². The fourth-order valence-electron chi connectivity index (χ4n) is 0.871. The Balaban J connectivity index is 2.37. The second-order valence-electron chi connectivity index (χ2n) is 4.15. The maximum absolute atomic E-state index is 3.31. The summed E-state index contributed by atoms with van der Waals surface area (Å²) < 4.78 is 0. The molecule has 1 aliphatic rings. The first-order valence-corrected chi connectivity index (χ1v) is 4.11. The van der Waals surface area contributed by atoms with E-state index in [2.05, 4.69) is 32.6 Å². The molecule has 1 rings (SSSR count). The number of hydrogen-bond acceptors (Lipinski definition) is 0. The summed E-state index contributed by atoms with van der Waals surface area (Å²) in [6, 6.07) is 0. The van der Waals surface area contributed by atoms with Crippen molar-refractivity contribution in [2.45, 2.75) is 40.0 Å². The summed E-state index contributed by atoms with van der Waals surface area (Å²) in [5.41, 5.74) is 0.204. The summed E-state index contributed by atoms with van der Waals surface area (Å²) in [6.07, 6.45) is 4.07. The molecular formula is C10H16. The van der Waals surface area contributed by atoms with Gasteiger partial charge in [0.25, 0.3) is 0 Å². The van der Waals surface area contributed by atoms with Gasteiger partial charge in [-0.2, -0.15) is 0 Å². The standard InChI is InChI=1S/C10H16/c1-10(2,3)8-7-9-5-4-6-9/h9H,4-6H2,1-3H3. The minimum absolute atomic E-state index is 0.204. The third-order valence-electron chi connectivity index (χ3n) is 1.76. The SMILES string of the molecule is CC(C)(C)C#CC1CCC1. The molecule has 0 heteroatoms. The molecule has 0 aromatic heterocycles. The first-order chi connectivity index (χ1) is 4.58. The van der Waals surface area contributed by atoms with E-state index in [1.807, 2.05) is 0 Å². The maximum atomic E-state index is 3.31. The molecule has 0 saturated heterocycles. The highest BCUT2D eigenvalue weighted by molar-refractivity contribution is 5.11. The highest BCUT2D eigenvalue weighted by atomic mass is 14.2. The van der Waals surface area contributed by atoms with E-state index in [0.717, 1.165) is 5.92 Å². The Morgan fingerprint density at radius 2 is 1.80 bits per heavy atom. The van der Waals surface area contributed by atoms with E-state index >= 15 is 0 Å². The van der Waals surface area contributed by atoms with Gasteiger partial charge in [-0.3, -0.25) is 0 Å². The van der Waals surface area contributed by atoms with Crippen LogP contribution < -0.4 is 0 Å². The summed E-state index contributed by atoms with van der Waals surface area (Å²) in [7, 11) is 0. The Labute approximate surface area is 64.0 Å². The van der Waals surface area contributed by atoms with Gasteiger partial charge in [0.1, 0.15) is 0 Å². The minimum Gasteiger partial charge on any atom is -0.0994 e. The van der Waals surface area contributed by atoms with E-state index in [1.165, 1.54) is 19.3 Å². The van der Waals surface area contributed by atoms with Gasteiger partial charge in [-0.05, 0) is 33.6 Å². The Bertz CT molecular complexity index is 157. The molecule has 0 aromatic rings. The number of hydrogen-bond donors (Lipinski definition) is 0. The molecule has 0 unspecified atom stereocenters. The van der Waals surface area contributed by atoms with Crippen LogP contribution in [0.15, 0.2) is 0 Å². The fraction of sp³-hybridized carbons (Fsp3) is 0.800. The van der Waals surface area contributed by atoms with Crippen molar-refractivity contribution in [3.63, 3.8) is 0 Å². The van der Waals surface area contributed by atoms with Crippen molar-refractivity contribution < 1.29 is 0 Å². The molecule has 56 valence electrons. The summed E-state index contributed by atoms with van der Waals surface area (Å²) in [5, 5.41) is 0. The Hall–Kier alpha value is -0.440. The molecular weight excluding hydrogens is 120 g/mol. The second-order valence-corrected chi connectivity index (χ2v) is 4.15. The maximum Gasteiger partial charge on any atom is 0.0230 e. The van der Waals surface area contributed by atoms with E-state index in [0.29, 0.717) is 0 Å². The van der Waals surface area contributed by atoms with Crippen LogP contribution in [-0.2, 0) is 0 Å². The molecule has 0 spiro atoms. The first-order valence-electron chi connectivity index (χ1n) is 4.11. The lowest BCUT2D eigenvalue weighted by Gasteiger charge is -2.19. The van der Waals surface area contributed by atoms with Crippen LogP contribution in [0.5, 0.6) is 0 Å². The van der Waals surface area contributed by atoms with Crippen molar-refractivity contribution in [2.75, 3.05) is 0 Å². The van der Waals surface area contributed by atoms with Crippen LogP contribution in [0.3, 0.4) is 0 Å². The Morgan fingerprint density at radius 3 is 2.10 bits per heavy atom. The van der Waals surface area contributed by atoms with E-state index in [4.69, 9.17) is 0 Å². The van der Waals surface area contributed by atoms with Gasteiger partial charge in [0, 0.05) is 11.3 Å². The Morgan fingerprint density at radius 1 is 1.20 bits per heavy atom. The number of rotatable bonds is 0. The van der Waals surface area contributed by atoms with E-state index in [9.17, 15) is 0 Å². The molecule has 0 aliphatic heterocycles. The molecule has 10 heavy (non-hydrogen) atoms. The normalized spacial score (nSPS) is 19.1. The third kappa shape index (κ3) is 2.43. The summed E-state index contributed by atoms with van der Waals surface area (Å²) >= 11 is 0. The fourth-order valence-corrected chi connectivity index (χ4v) is 0.871. The smallest absolute Gasteiger partial charge is 0.0230 e. The zero-order chi connectivity index (χ0) is 7.61. The van der Waals surface area contributed by atoms with Crippen molar-refractivity contribution >= 4 is 0 Å². The van der Waals surface area contributed by atoms with Crippen molar-refractivity contribution in [2.24, 2.45) is 11.3 Å². The summed E-state index contributed by atoms with van der Waals surface area (Å²) in [4.78, 5) is 0. The molecule has 0 N–H and O–H groups in total. The predicted octanol–water partition coefficient (Wildman–Crippen LogP) is 2.84. The molecule has 1 saturated carbocycles. The van der Waals surface area contributed by atoms with Gasteiger partial charge in [-0.1, -0.05) is 18.3 Å². The topological polar surface area (TPSA) is 0 Å². The molecule has 0 heterocycles. The third-order valence-corrected chi connectivity index (χ3v) is 1.76. The van der Waals surface area contributed by atoms with Crippen LogP contribution >= 0.6 is 0 Å². The first kappa shape index (κ1) is 7.66. The van der Waals surface area contributed by atoms with Crippen LogP contribution in [0, 0.1) is 23.2 Å². The average Bonchev–Trinajstić information content (AvgIpc) is 1.56. The molecule has 1 fully saturated rings. The van der Waals surface area contributed by atoms with Crippen LogP contribution in [-0.4, -0.2) is 0 Å². The zero-order valence-corrected chi connectivity index (χ0v) is 7.20. The molecule has 0 bridgehead atoms. The predicted molar refractivity (Wildman–Crippen MR) is 44.6 cm³/mol. The van der Waals surface area contributed by atoms with Crippen LogP contribution in [0.1, 0.15) is 40.0 Å². The van der Waals surface area contributed by atoms with Crippen molar-refractivity contribution in [1.82, 2.24) is 0 Å². The van der Waals surface area contributed by atoms with E-state index in [1.54, 1.807) is 0 Å².